The maximum atomic E-state index is 5.71. The molecule has 112 valence electrons. The highest BCUT2D eigenvalue weighted by Gasteiger charge is 2.14. The number of nitrogens with zero attached hydrogens (tertiary/aromatic N) is 1. The molecule has 0 saturated carbocycles. The molecule has 0 spiro atoms. The van der Waals surface area contributed by atoms with Crippen molar-refractivity contribution in [1.29, 1.82) is 0 Å². The third-order valence-electron chi connectivity index (χ3n) is 4.03. The molecule has 3 heteroatoms. The molecule has 1 N–H and O–H groups in total. The molecule has 0 aromatic heterocycles. The summed E-state index contributed by atoms with van der Waals surface area (Å²) in [6.45, 7) is 7.82. The Labute approximate surface area is 123 Å². The first kappa shape index (κ1) is 15.3. The third kappa shape index (κ3) is 5.51. The zero-order valence-electron chi connectivity index (χ0n) is 12.7. The fourth-order valence-electron chi connectivity index (χ4n) is 2.76. The highest BCUT2D eigenvalue weighted by atomic mass is 16.5. The van der Waals surface area contributed by atoms with E-state index in [0.29, 0.717) is 6.04 Å². The van der Waals surface area contributed by atoms with Gasteiger partial charge in [-0.05, 0) is 64.0 Å². The summed E-state index contributed by atoms with van der Waals surface area (Å²) in [4.78, 5) is 2.56. The molecule has 1 saturated heterocycles. The zero-order valence-corrected chi connectivity index (χ0v) is 12.7. The van der Waals surface area contributed by atoms with Gasteiger partial charge in [-0.1, -0.05) is 25.1 Å². The molecule has 20 heavy (non-hydrogen) atoms. The molecule has 0 bridgehead atoms. The lowest BCUT2D eigenvalue weighted by atomic mass is 10.1. The van der Waals surface area contributed by atoms with Crippen LogP contribution in [0, 0.1) is 0 Å². The number of benzene rings is 1. The van der Waals surface area contributed by atoms with E-state index in [4.69, 9.17) is 4.74 Å². The lowest BCUT2D eigenvalue weighted by molar-refractivity contribution is 0.292. The Morgan fingerprint density at radius 1 is 1.20 bits per heavy atom. The summed E-state index contributed by atoms with van der Waals surface area (Å²) in [5.41, 5.74) is 0. The van der Waals surface area contributed by atoms with Crippen LogP contribution in [0.1, 0.15) is 32.6 Å². The van der Waals surface area contributed by atoms with Crippen LogP contribution in [0.3, 0.4) is 0 Å². The van der Waals surface area contributed by atoms with Crippen LogP contribution in [0.4, 0.5) is 0 Å². The highest BCUT2D eigenvalue weighted by molar-refractivity contribution is 5.20. The van der Waals surface area contributed by atoms with Crippen molar-refractivity contribution < 1.29 is 4.74 Å². The molecule has 0 aliphatic carbocycles. The summed E-state index contributed by atoms with van der Waals surface area (Å²) in [7, 11) is 0. The number of para-hydroxylation sites is 1. The Morgan fingerprint density at radius 3 is 2.85 bits per heavy atom. The van der Waals surface area contributed by atoms with Crippen molar-refractivity contribution in [3.05, 3.63) is 30.3 Å². The summed E-state index contributed by atoms with van der Waals surface area (Å²) in [6, 6.07) is 10.8. The predicted molar refractivity (Wildman–Crippen MR) is 84.3 cm³/mol. The minimum absolute atomic E-state index is 0.697. The Balaban J connectivity index is 1.54. The maximum absolute atomic E-state index is 5.71. The molecule has 3 nitrogen and oxygen atoms in total. The smallest absolute Gasteiger partial charge is 0.119 e. The summed E-state index contributed by atoms with van der Waals surface area (Å²) in [5.74, 6) is 0.973. The van der Waals surface area contributed by atoms with Crippen LogP contribution in [-0.2, 0) is 0 Å². The molecular formula is C17H28N2O. The van der Waals surface area contributed by atoms with E-state index in [1.165, 1.54) is 38.9 Å². The van der Waals surface area contributed by atoms with E-state index >= 15 is 0 Å². The molecule has 2 rings (SSSR count). The van der Waals surface area contributed by atoms with Crippen LogP contribution in [-0.4, -0.2) is 43.7 Å². The molecular weight excluding hydrogens is 248 g/mol. The van der Waals surface area contributed by atoms with Crippen LogP contribution >= 0.6 is 0 Å². The summed E-state index contributed by atoms with van der Waals surface area (Å²) in [6.07, 6.45) is 5.00. The van der Waals surface area contributed by atoms with Gasteiger partial charge in [0.05, 0.1) is 6.61 Å². The average Bonchev–Trinajstić information content (AvgIpc) is 2.73. The number of hydrogen-bond acceptors (Lipinski definition) is 3. The molecule has 1 unspecified atom stereocenters. The fourth-order valence-corrected chi connectivity index (χ4v) is 2.76. The van der Waals surface area contributed by atoms with Crippen molar-refractivity contribution in [2.75, 3.05) is 32.8 Å². The van der Waals surface area contributed by atoms with E-state index in [1.807, 2.05) is 30.3 Å². The molecule has 1 fully saturated rings. The quantitative estimate of drug-likeness (QED) is 0.775. The maximum Gasteiger partial charge on any atom is 0.119 e. The average molecular weight is 276 g/mol. The lowest BCUT2D eigenvalue weighted by Gasteiger charge is -2.18. The second kappa shape index (κ2) is 8.98. The molecule has 1 aromatic carbocycles. The first-order chi connectivity index (χ1) is 9.88. The van der Waals surface area contributed by atoms with Gasteiger partial charge in [0.15, 0.2) is 0 Å². The molecule has 0 amide bonds. The Morgan fingerprint density at radius 2 is 2.05 bits per heavy atom. The minimum Gasteiger partial charge on any atom is -0.494 e. The van der Waals surface area contributed by atoms with Crippen molar-refractivity contribution >= 4 is 0 Å². The van der Waals surface area contributed by atoms with Crippen LogP contribution in [0.25, 0.3) is 0 Å². The van der Waals surface area contributed by atoms with Gasteiger partial charge in [0.25, 0.3) is 0 Å². The standard InChI is InChI=1S/C17H28N2O/c1-2-19-13-6-8-16(11-14-19)18-12-7-15-20-17-9-4-3-5-10-17/h3-5,9-10,16,18H,2,6-8,11-15H2,1H3. The SMILES string of the molecule is CCN1CCCC(NCCCOc2ccccc2)CC1. The number of nitrogens with one attached hydrogen (secondary N) is 1. The largest absolute Gasteiger partial charge is 0.494 e. The minimum atomic E-state index is 0.697. The second-order valence-corrected chi connectivity index (χ2v) is 5.53. The predicted octanol–water partition coefficient (Wildman–Crippen LogP) is 2.92. The summed E-state index contributed by atoms with van der Waals surface area (Å²) < 4.78 is 5.71. The molecule has 1 heterocycles. The van der Waals surface area contributed by atoms with Crippen molar-refractivity contribution in [2.24, 2.45) is 0 Å². The molecule has 1 aromatic rings. The zero-order chi connectivity index (χ0) is 14.0. The first-order valence-electron chi connectivity index (χ1n) is 8.02. The molecule has 0 radical (unpaired) electrons. The number of ether oxygens (including phenoxy) is 1. The highest BCUT2D eigenvalue weighted by Crippen LogP contribution is 2.11. The summed E-state index contributed by atoms with van der Waals surface area (Å²) >= 11 is 0. The van der Waals surface area contributed by atoms with Gasteiger partial charge in [-0.15, -0.1) is 0 Å². The first-order valence-corrected chi connectivity index (χ1v) is 8.02. The topological polar surface area (TPSA) is 24.5 Å². The van der Waals surface area contributed by atoms with Gasteiger partial charge in [0.2, 0.25) is 0 Å². The van der Waals surface area contributed by atoms with Gasteiger partial charge in [0.1, 0.15) is 5.75 Å². The van der Waals surface area contributed by atoms with Crippen molar-refractivity contribution in [1.82, 2.24) is 10.2 Å². The van der Waals surface area contributed by atoms with Crippen molar-refractivity contribution in [3.63, 3.8) is 0 Å². The second-order valence-electron chi connectivity index (χ2n) is 5.53. The molecule has 1 aliphatic rings. The lowest BCUT2D eigenvalue weighted by Crippen LogP contribution is -2.32. The van der Waals surface area contributed by atoms with Gasteiger partial charge < -0.3 is 15.0 Å². The molecule has 1 aliphatic heterocycles. The van der Waals surface area contributed by atoms with E-state index in [0.717, 1.165) is 25.3 Å². The van der Waals surface area contributed by atoms with Crippen LogP contribution in [0.15, 0.2) is 30.3 Å². The number of likely N-dealkylation sites (tertiary alicyclic amines) is 1. The third-order valence-corrected chi connectivity index (χ3v) is 4.03. The Kier molecular flexibility index (Phi) is 6.89. The van der Waals surface area contributed by atoms with Crippen LogP contribution in [0.2, 0.25) is 0 Å². The van der Waals surface area contributed by atoms with E-state index in [2.05, 4.69) is 17.1 Å². The summed E-state index contributed by atoms with van der Waals surface area (Å²) in [5, 5.41) is 3.69. The van der Waals surface area contributed by atoms with Crippen LogP contribution < -0.4 is 10.1 Å². The van der Waals surface area contributed by atoms with E-state index in [-0.39, 0.29) is 0 Å². The van der Waals surface area contributed by atoms with Crippen LogP contribution in [0.5, 0.6) is 5.75 Å². The van der Waals surface area contributed by atoms with Crippen molar-refractivity contribution in [3.8, 4) is 5.75 Å². The van der Waals surface area contributed by atoms with E-state index in [9.17, 15) is 0 Å². The van der Waals surface area contributed by atoms with Gasteiger partial charge in [0, 0.05) is 6.04 Å². The van der Waals surface area contributed by atoms with Crippen molar-refractivity contribution in [2.45, 2.75) is 38.6 Å². The number of rotatable bonds is 7. The molecule has 1 atom stereocenters. The monoisotopic (exact) mass is 276 g/mol. The Hall–Kier alpha value is -1.06. The van der Waals surface area contributed by atoms with Gasteiger partial charge in [-0.25, -0.2) is 0 Å². The normalized spacial score (nSPS) is 20.6. The fraction of sp³-hybridized carbons (Fsp3) is 0.647. The van der Waals surface area contributed by atoms with E-state index in [1.54, 1.807) is 0 Å². The van der Waals surface area contributed by atoms with Gasteiger partial charge >= 0.3 is 0 Å². The number of hydrogen-bond donors (Lipinski definition) is 1. The van der Waals surface area contributed by atoms with Gasteiger partial charge in [-0.3, -0.25) is 0 Å². The van der Waals surface area contributed by atoms with E-state index < -0.39 is 0 Å². The Bertz CT molecular complexity index is 355. The van der Waals surface area contributed by atoms with Gasteiger partial charge in [-0.2, -0.15) is 0 Å².